The molecule has 0 saturated carbocycles. The number of rotatable bonds is 5. The molecule has 1 fully saturated rings. The molecule has 0 bridgehead atoms. The zero-order valence-electron chi connectivity index (χ0n) is 12.4. The molecule has 1 heterocycles. The minimum Gasteiger partial charge on any atom is -0.353 e. The van der Waals surface area contributed by atoms with Crippen molar-refractivity contribution in [3.8, 4) is 0 Å². The van der Waals surface area contributed by atoms with E-state index in [-0.39, 0.29) is 18.0 Å². The molecule has 0 spiro atoms. The number of likely N-dealkylation sites (tertiary alicyclic amines) is 1. The Morgan fingerprint density at radius 1 is 1.40 bits per heavy atom. The van der Waals surface area contributed by atoms with Gasteiger partial charge in [0.15, 0.2) is 0 Å². The van der Waals surface area contributed by atoms with Crippen LogP contribution in [0.4, 0.5) is 0 Å². The molecule has 0 radical (unpaired) electrons. The molecule has 3 N–H and O–H groups in total. The van der Waals surface area contributed by atoms with Crippen LogP contribution in [0.25, 0.3) is 0 Å². The monoisotopic (exact) mass is 275 g/mol. The van der Waals surface area contributed by atoms with Crippen LogP contribution in [0.1, 0.15) is 31.7 Å². The van der Waals surface area contributed by atoms with E-state index in [1.54, 1.807) is 0 Å². The highest BCUT2D eigenvalue weighted by Gasteiger charge is 2.31. The molecule has 1 aliphatic rings. The molecule has 0 aromatic heterocycles. The van der Waals surface area contributed by atoms with Gasteiger partial charge in [-0.3, -0.25) is 9.69 Å². The third-order valence-corrected chi connectivity index (χ3v) is 4.06. The maximum absolute atomic E-state index is 11.9. The lowest BCUT2D eigenvalue weighted by atomic mass is 9.95. The van der Waals surface area contributed by atoms with Crippen molar-refractivity contribution in [2.75, 3.05) is 19.6 Å². The zero-order valence-corrected chi connectivity index (χ0v) is 12.4. The van der Waals surface area contributed by atoms with Crippen LogP contribution in [0.2, 0.25) is 0 Å². The highest BCUT2D eigenvalue weighted by molar-refractivity contribution is 5.78. The Bertz CT molecular complexity index is 435. The summed E-state index contributed by atoms with van der Waals surface area (Å²) in [6.45, 7) is 6.19. The van der Waals surface area contributed by atoms with E-state index in [1.165, 1.54) is 5.56 Å². The third-order valence-electron chi connectivity index (χ3n) is 4.06. The fourth-order valence-electron chi connectivity index (χ4n) is 2.72. The lowest BCUT2D eigenvalue weighted by Crippen LogP contribution is -2.40. The maximum atomic E-state index is 11.9. The average molecular weight is 275 g/mol. The number of carbonyl (C=O) groups excluding carboxylic acids is 1. The van der Waals surface area contributed by atoms with Gasteiger partial charge < -0.3 is 11.1 Å². The molecule has 1 amide bonds. The van der Waals surface area contributed by atoms with E-state index < -0.39 is 0 Å². The maximum Gasteiger partial charge on any atom is 0.234 e. The summed E-state index contributed by atoms with van der Waals surface area (Å²) in [5.74, 6) is 0.424. The lowest BCUT2D eigenvalue weighted by molar-refractivity contribution is -0.122. The largest absolute Gasteiger partial charge is 0.353 e. The molecule has 1 aromatic carbocycles. The van der Waals surface area contributed by atoms with E-state index in [9.17, 15) is 4.79 Å². The third kappa shape index (κ3) is 3.81. The Balaban J connectivity index is 1.89. The minimum absolute atomic E-state index is 0.0975. The second kappa shape index (κ2) is 6.86. The number of nitrogens with zero attached hydrogens (tertiary/aromatic N) is 1. The Morgan fingerprint density at radius 2 is 2.10 bits per heavy atom. The van der Waals surface area contributed by atoms with Crippen LogP contribution in [0.5, 0.6) is 0 Å². The van der Waals surface area contributed by atoms with Crippen molar-refractivity contribution in [2.24, 2.45) is 5.73 Å². The molecule has 3 atom stereocenters. The molecule has 0 aliphatic carbocycles. The molecule has 1 unspecified atom stereocenters. The van der Waals surface area contributed by atoms with Gasteiger partial charge in [0.05, 0.1) is 6.54 Å². The van der Waals surface area contributed by atoms with Crippen molar-refractivity contribution < 1.29 is 4.79 Å². The molecule has 1 aromatic rings. The van der Waals surface area contributed by atoms with Gasteiger partial charge in [0.2, 0.25) is 5.91 Å². The highest BCUT2D eigenvalue weighted by atomic mass is 16.2. The van der Waals surface area contributed by atoms with Crippen LogP contribution in [0, 0.1) is 0 Å². The van der Waals surface area contributed by atoms with Crippen LogP contribution >= 0.6 is 0 Å². The van der Waals surface area contributed by atoms with Crippen molar-refractivity contribution in [1.82, 2.24) is 10.2 Å². The normalized spacial score (nSPS) is 24.6. The lowest BCUT2D eigenvalue weighted by Gasteiger charge is -2.17. The van der Waals surface area contributed by atoms with Gasteiger partial charge in [0, 0.05) is 31.1 Å². The van der Waals surface area contributed by atoms with Crippen molar-refractivity contribution in [3.63, 3.8) is 0 Å². The fourth-order valence-corrected chi connectivity index (χ4v) is 2.72. The minimum atomic E-state index is 0.0975. The predicted molar refractivity (Wildman–Crippen MR) is 81.5 cm³/mol. The van der Waals surface area contributed by atoms with Gasteiger partial charge in [-0.1, -0.05) is 37.3 Å². The summed E-state index contributed by atoms with van der Waals surface area (Å²) in [4.78, 5) is 14.1. The molecule has 2 rings (SSSR count). The standard InChI is InChI=1S/C16H25N3O/c1-3-12(2)18-16(20)11-19-9-14(15(17)10-19)13-7-5-4-6-8-13/h4-8,12,14-15H,3,9-11,17H2,1-2H3,(H,18,20)/t12?,14-,15+/m0/s1. The molecule has 110 valence electrons. The number of carbonyl (C=O) groups is 1. The zero-order chi connectivity index (χ0) is 14.5. The van der Waals surface area contributed by atoms with Gasteiger partial charge in [-0.25, -0.2) is 0 Å². The number of nitrogens with two attached hydrogens (primary N) is 1. The van der Waals surface area contributed by atoms with E-state index in [2.05, 4.69) is 29.3 Å². The molecule has 20 heavy (non-hydrogen) atoms. The van der Waals surface area contributed by atoms with E-state index in [4.69, 9.17) is 5.73 Å². The molecule has 1 aliphatic heterocycles. The quantitative estimate of drug-likeness (QED) is 0.852. The average Bonchev–Trinajstić information content (AvgIpc) is 2.80. The van der Waals surface area contributed by atoms with Gasteiger partial charge in [-0.2, -0.15) is 0 Å². The first-order valence-electron chi connectivity index (χ1n) is 7.42. The summed E-state index contributed by atoms with van der Waals surface area (Å²) in [6, 6.07) is 10.7. The van der Waals surface area contributed by atoms with Crippen molar-refractivity contribution >= 4 is 5.91 Å². The van der Waals surface area contributed by atoms with Crippen molar-refractivity contribution in [3.05, 3.63) is 35.9 Å². The van der Waals surface area contributed by atoms with Crippen LogP contribution < -0.4 is 11.1 Å². The Kier molecular flexibility index (Phi) is 5.15. The summed E-state index contributed by atoms with van der Waals surface area (Å²) in [5, 5.41) is 3.00. The SMILES string of the molecule is CCC(C)NC(=O)CN1C[C@@H](N)[C@H](c2ccccc2)C1. The molecule has 1 saturated heterocycles. The molecular weight excluding hydrogens is 250 g/mol. The van der Waals surface area contributed by atoms with Crippen molar-refractivity contribution in [1.29, 1.82) is 0 Å². The van der Waals surface area contributed by atoms with Gasteiger partial charge in [-0.15, -0.1) is 0 Å². The number of amides is 1. The van der Waals surface area contributed by atoms with Gasteiger partial charge in [0.25, 0.3) is 0 Å². The smallest absolute Gasteiger partial charge is 0.234 e. The Morgan fingerprint density at radius 3 is 2.75 bits per heavy atom. The Labute approximate surface area is 121 Å². The Hall–Kier alpha value is -1.39. The summed E-state index contributed by atoms with van der Waals surface area (Å²) < 4.78 is 0. The van der Waals surface area contributed by atoms with Gasteiger partial charge in [0.1, 0.15) is 0 Å². The fraction of sp³-hybridized carbons (Fsp3) is 0.562. The van der Waals surface area contributed by atoms with Gasteiger partial charge in [-0.05, 0) is 18.9 Å². The second-order valence-electron chi connectivity index (χ2n) is 5.75. The van der Waals surface area contributed by atoms with Crippen molar-refractivity contribution in [2.45, 2.75) is 38.3 Å². The summed E-state index contributed by atoms with van der Waals surface area (Å²) in [5.41, 5.74) is 7.50. The number of hydrogen-bond donors (Lipinski definition) is 2. The summed E-state index contributed by atoms with van der Waals surface area (Å²) in [7, 11) is 0. The van der Waals surface area contributed by atoms with E-state index >= 15 is 0 Å². The summed E-state index contributed by atoms with van der Waals surface area (Å²) in [6.07, 6.45) is 0.956. The molecule has 4 nitrogen and oxygen atoms in total. The molecular formula is C16H25N3O. The highest BCUT2D eigenvalue weighted by Crippen LogP contribution is 2.25. The van der Waals surface area contributed by atoms with Crippen LogP contribution in [-0.2, 0) is 4.79 Å². The van der Waals surface area contributed by atoms with Crippen LogP contribution in [0.15, 0.2) is 30.3 Å². The second-order valence-corrected chi connectivity index (χ2v) is 5.75. The topological polar surface area (TPSA) is 58.4 Å². The number of benzene rings is 1. The first-order valence-corrected chi connectivity index (χ1v) is 7.42. The van der Waals surface area contributed by atoms with Gasteiger partial charge >= 0.3 is 0 Å². The van der Waals surface area contributed by atoms with Crippen LogP contribution in [0.3, 0.4) is 0 Å². The number of hydrogen-bond acceptors (Lipinski definition) is 3. The van der Waals surface area contributed by atoms with E-state index in [0.717, 1.165) is 19.5 Å². The first kappa shape index (κ1) is 15.0. The van der Waals surface area contributed by atoms with Crippen LogP contribution in [-0.4, -0.2) is 42.5 Å². The number of nitrogens with one attached hydrogen (secondary N) is 1. The van der Waals surface area contributed by atoms with E-state index in [0.29, 0.717) is 12.5 Å². The summed E-state index contributed by atoms with van der Waals surface area (Å²) >= 11 is 0. The molecule has 4 heteroatoms. The predicted octanol–water partition coefficient (Wildman–Crippen LogP) is 1.33. The first-order chi connectivity index (χ1) is 9.60. The van der Waals surface area contributed by atoms with E-state index in [1.807, 2.05) is 25.1 Å².